The average Bonchev–Trinajstić information content (AvgIpc) is 2.77. The molecule has 2 rings (SSSR count). The average molecular weight is 291 g/mol. The number of carbonyl (C=O) groups is 1. The van der Waals surface area contributed by atoms with Crippen molar-refractivity contribution in [3.05, 3.63) is 17.0 Å². The summed E-state index contributed by atoms with van der Waals surface area (Å²) >= 11 is 1.11. The summed E-state index contributed by atoms with van der Waals surface area (Å²) in [6, 6.07) is 3.15. The number of hydrogen-bond acceptors (Lipinski definition) is 6. The lowest BCUT2D eigenvalue weighted by molar-refractivity contribution is -0.145. The molecule has 1 aliphatic rings. The Labute approximate surface area is 109 Å². The van der Waals surface area contributed by atoms with E-state index in [4.69, 9.17) is 9.47 Å². The van der Waals surface area contributed by atoms with Gasteiger partial charge in [-0.3, -0.25) is 4.79 Å². The van der Waals surface area contributed by atoms with Crippen LogP contribution >= 0.6 is 11.3 Å². The van der Waals surface area contributed by atoms with Crippen LogP contribution in [-0.4, -0.2) is 40.2 Å². The van der Waals surface area contributed by atoms with Gasteiger partial charge >= 0.3 is 0 Å². The third kappa shape index (κ3) is 3.08. The number of aryl methyl sites for hydroxylation is 1. The molecule has 2 heterocycles. The fourth-order valence-corrected chi connectivity index (χ4v) is 3.74. The largest absolute Gasteiger partial charge is 0.376 e. The molecule has 1 aromatic heterocycles. The Morgan fingerprint density at radius 2 is 2.22 bits per heavy atom. The second-order valence-corrected chi connectivity index (χ2v) is 6.97. The highest BCUT2D eigenvalue weighted by atomic mass is 32.2. The van der Waals surface area contributed by atoms with E-state index in [0.717, 1.165) is 16.2 Å². The maximum Gasteiger partial charge on any atom is 0.273 e. The van der Waals surface area contributed by atoms with Crippen LogP contribution in [0.3, 0.4) is 0 Å². The minimum atomic E-state index is -3.80. The van der Waals surface area contributed by atoms with E-state index in [2.05, 4.69) is 0 Å². The Bertz CT molecular complexity index is 530. The highest BCUT2D eigenvalue weighted by Crippen LogP contribution is 2.20. The number of thiophene rings is 1. The molecule has 1 saturated heterocycles. The fraction of sp³-hybridized carbons (Fsp3) is 0.500. The van der Waals surface area contributed by atoms with Gasteiger partial charge in [0.15, 0.2) is 6.10 Å². The first kappa shape index (κ1) is 13.5. The first-order valence-corrected chi connectivity index (χ1v) is 7.61. The molecule has 0 bridgehead atoms. The summed E-state index contributed by atoms with van der Waals surface area (Å²) in [6.07, 6.45) is -0.866. The molecule has 1 N–H and O–H groups in total. The Kier molecular flexibility index (Phi) is 4.00. The van der Waals surface area contributed by atoms with Crippen LogP contribution in [0.5, 0.6) is 0 Å². The lowest BCUT2D eigenvalue weighted by atomic mass is 10.3. The van der Waals surface area contributed by atoms with Crippen LogP contribution in [0, 0.1) is 6.92 Å². The van der Waals surface area contributed by atoms with E-state index < -0.39 is 22.0 Å². The molecule has 18 heavy (non-hydrogen) atoms. The predicted molar refractivity (Wildman–Crippen MR) is 64.9 cm³/mol. The summed E-state index contributed by atoms with van der Waals surface area (Å²) in [5, 5.41) is 0. The number of carbonyl (C=O) groups excluding carboxylic acids is 1. The third-order valence-corrected chi connectivity index (χ3v) is 5.16. The van der Waals surface area contributed by atoms with Gasteiger partial charge in [-0.2, -0.15) is 0 Å². The van der Waals surface area contributed by atoms with Crippen LogP contribution in [0.4, 0.5) is 0 Å². The van der Waals surface area contributed by atoms with E-state index >= 15 is 0 Å². The van der Waals surface area contributed by atoms with E-state index in [-0.39, 0.29) is 17.4 Å². The molecular formula is C10H13NO5S2. The van der Waals surface area contributed by atoms with Gasteiger partial charge in [0.2, 0.25) is 0 Å². The molecule has 100 valence electrons. The molecule has 1 aliphatic heterocycles. The molecule has 1 amide bonds. The molecule has 8 heteroatoms. The second-order valence-electron chi connectivity index (χ2n) is 3.77. The minimum Gasteiger partial charge on any atom is -0.376 e. The zero-order valence-electron chi connectivity index (χ0n) is 9.71. The first-order chi connectivity index (χ1) is 8.49. The Hall–Kier alpha value is -0.960. The summed E-state index contributed by atoms with van der Waals surface area (Å²) in [5.74, 6) is -0.694. The van der Waals surface area contributed by atoms with Crippen molar-refractivity contribution in [3.8, 4) is 0 Å². The van der Waals surface area contributed by atoms with Crippen LogP contribution < -0.4 is 4.72 Å². The van der Waals surface area contributed by atoms with Crippen molar-refractivity contribution in [2.75, 3.05) is 19.8 Å². The van der Waals surface area contributed by atoms with Gasteiger partial charge in [0.05, 0.1) is 19.8 Å². The third-order valence-electron chi connectivity index (χ3n) is 2.32. The Balaban J connectivity index is 2.06. The van der Waals surface area contributed by atoms with Crippen molar-refractivity contribution >= 4 is 27.3 Å². The maximum atomic E-state index is 11.9. The quantitative estimate of drug-likeness (QED) is 0.865. The smallest absolute Gasteiger partial charge is 0.273 e. The number of nitrogens with one attached hydrogen (secondary N) is 1. The van der Waals surface area contributed by atoms with Crippen LogP contribution in [0.25, 0.3) is 0 Å². The van der Waals surface area contributed by atoms with Gasteiger partial charge in [0, 0.05) is 4.88 Å². The lowest BCUT2D eigenvalue weighted by Crippen LogP contribution is -2.44. The highest BCUT2D eigenvalue weighted by molar-refractivity contribution is 7.92. The van der Waals surface area contributed by atoms with Gasteiger partial charge in [0.25, 0.3) is 15.9 Å². The predicted octanol–water partition coefficient (Wildman–Crippen LogP) is 0.277. The Morgan fingerprint density at radius 1 is 1.44 bits per heavy atom. The molecule has 0 unspecified atom stereocenters. The number of hydrogen-bond donors (Lipinski definition) is 1. The van der Waals surface area contributed by atoms with Gasteiger partial charge in [-0.15, -0.1) is 11.3 Å². The zero-order chi connectivity index (χ0) is 13.2. The second kappa shape index (κ2) is 5.35. The molecular weight excluding hydrogens is 278 g/mol. The summed E-state index contributed by atoms with van der Waals surface area (Å²) in [4.78, 5) is 12.6. The minimum absolute atomic E-state index is 0.0742. The monoisotopic (exact) mass is 291 g/mol. The summed E-state index contributed by atoms with van der Waals surface area (Å²) in [7, 11) is -3.80. The zero-order valence-corrected chi connectivity index (χ0v) is 11.3. The number of rotatable bonds is 3. The summed E-state index contributed by atoms with van der Waals surface area (Å²) in [6.45, 7) is 2.57. The molecule has 0 aromatic carbocycles. The molecule has 1 aromatic rings. The SMILES string of the molecule is Cc1ccc(S(=O)(=O)NC(=O)[C@H]2COCCO2)s1. The molecule has 0 saturated carbocycles. The van der Waals surface area contributed by atoms with Gasteiger partial charge in [-0.1, -0.05) is 0 Å². The maximum absolute atomic E-state index is 11.9. The van der Waals surface area contributed by atoms with Crippen molar-refractivity contribution < 1.29 is 22.7 Å². The van der Waals surface area contributed by atoms with E-state index in [0.29, 0.717) is 6.61 Å². The van der Waals surface area contributed by atoms with Crippen molar-refractivity contribution in [3.63, 3.8) is 0 Å². The van der Waals surface area contributed by atoms with E-state index in [1.807, 2.05) is 4.72 Å². The van der Waals surface area contributed by atoms with E-state index in [9.17, 15) is 13.2 Å². The number of ether oxygens (including phenoxy) is 2. The van der Waals surface area contributed by atoms with Crippen LogP contribution in [-0.2, 0) is 24.3 Å². The van der Waals surface area contributed by atoms with Crippen LogP contribution in [0.15, 0.2) is 16.3 Å². The topological polar surface area (TPSA) is 81.7 Å². The highest BCUT2D eigenvalue weighted by Gasteiger charge is 2.27. The first-order valence-electron chi connectivity index (χ1n) is 5.31. The lowest BCUT2D eigenvalue weighted by Gasteiger charge is -2.21. The molecule has 6 nitrogen and oxygen atoms in total. The van der Waals surface area contributed by atoms with Crippen molar-refractivity contribution in [1.82, 2.24) is 4.72 Å². The van der Waals surface area contributed by atoms with Gasteiger partial charge < -0.3 is 9.47 Å². The number of sulfonamides is 1. The molecule has 0 aliphatic carbocycles. The molecule has 0 radical (unpaired) electrons. The van der Waals surface area contributed by atoms with Crippen LogP contribution in [0.2, 0.25) is 0 Å². The van der Waals surface area contributed by atoms with Gasteiger partial charge in [0.1, 0.15) is 4.21 Å². The number of amides is 1. The normalized spacial score (nSPS) is 20.6. The van der Waals surface area contributed by atoms with Crippen molar-refractivity contribution in [2.24, 2.45) is 0 Å². The molecule has 1 fully saturated rings. The Morgan fingerprint density at radius 3 is 2.78 bits per heavy atom. The van der Waals surface area contributed by atoms with Crippen LogP contribution in [0.1, 0.15) is 4.88 Å². The summed E-state index contributed by atoms with van der Waals surface area (Å²) in [5.41, 5.74) is 0. The van der Waals surface area contributed by atoms with Crippen molar-refractivity contribution in [2.45, 2.75) is 17.2 Å². The molecule has 1 atom stereocenters. The van der Waals surface area contributed by atoms with Crippen molar-refractivity contribution in [1.29, 1.82) is 0 Å². The fourth-order valence-electron chi connectivity index (χ4n) is 1.44. The van der Waals surface area contributed by atoms with E-state index in [1.54, 1.807) is 13.0 Å². The van der Waals surface area contributed by atoms with Gasteiger partial charge in [-0.05, 0) is 19.1 Å². The van der Waals surface area contributed by atoms with Gasteiger partial charge in [-0.25, -0.2) is 13.1 Å². The standard InChI is InChI=1S/C10H13NO5S2/c1-7-2-3-9(17-7)18(13,14)11-10(12)8-6-15-4-5-16-8/h2-3,8H,4-6H2,1H3,(H,11,12)/t8-/m1/s1. The summed E-state index contributed by atoms with van der Waals surface area (Å²) < 4.78 is 36.0. The van der Waals surface area contributed by atoms with E-state index in [1.165, 1.54) is 6.07 Å². The molecule has 0 spiro atoms.